The highest BCUT2D eigenvalue weighted by Gasteiger charge is 2.26. The summed E-state index contributed by atoms with van der Waals surface area (Å²) in [5.74, 6) is 5.17. The Morgan fingerprint density at radius 2 is 2.21 bits per heavy atom. The van der Waals surface area contributed by atoms with Gasteiger partial charge in [-0.2, -0.15) is 11.8 Å². The zero-order valence-electron chi connectivity index (χ0n) is 11.1. The number of aromatic nitrogens is 1. The molecule has 1 aromatic rings. The van der Waals surface area contributed by atoms with Gasteiger partial charge in [0, 0.05) is 11.3 Å². The molecule has 5 nitrogen and oxygen atoms in total. The Morgan fingerprint density at radius 1 is 1.42 bits per heavy atom. The van der Waals surface area contributed by atoms with Crippen molar-refractivity contribution in [2.75, 3.05) is 11.7 Å². The summed E-state index contributed by atoms with van der Waals surface area (Å²) >= 11 is 1.84. The first-order valence-electron chi connectivity index (χ1n) is 6.51. The minimum absolute atomic E-state index is 0.102. The van der Waals surface area contributed by atoms with E-state index >= 15 is 0 Å². The molecular weight excluding hydrogens is 260 g/mol. The minimum atomic E-state index is -0.102. The van der Waals surface area contributed by atoms with E-state index in [4.69, 9.17) is 5.84 Å². The molecule has 2 unspecified atom stereocenters. The van der Waals surface area contributed by atoms with Gasteiger partial charge in [-0.05, 0) is 31.2 Å². The van der Waals surface area contributed by atoms with Crippen LogP contribution in [0.2, 0.25) is 0 Å². The summed E-state index contributed by atoms with van der Waals surface area (Å²) in [4.78, 5) is 16.2. The number of pyridine rings is 1. The number of hydrazine groups is 1. The number of nitrogens with zero attached hydrogens (tertiary/aromatic N) is 1. The number of rotatable bonds is 4. The second-order valence-corrected chi connectivity index (χ2v) is 5.79. The summed E-state index contributed by atoms with van der Waals surface area (Å²) in [7, 11) is 0. The van der Waals surface area contributed by atoms with Gasteiger partial charge in [0.25, 0.3) is 5.91 Å². The number of carbonyl (C=O) groups excluding carboxylic acids is 1. The van der Waals surface area contributed by atoms with Crippen molar-refractivity contribution in [3.8, 4) is 0 Å². The van der Waals surface area contributed by atoms with Crippen molar-refractivity contribution in [1.82, 2.24) is 10.3 Å². The number of hydrogen-bond acceptors (Lipinski definition) is 5. The van der Waals surface area contributed by atoms with E-state index in [-0.39, 0.29) is 11.9 Å². The lowest BCUT2D eigenvalue weighted by Crippen LogP contribution is -2.43. The van der Waals surface area contributed by atoms with Gasteiger partial charge in [-0.25, -0.2) is 4.98 Å². The van der Waals surface area contributed by atoms with Gasteiger partial charge in [-0.1, -0.05) is 12.8 Å². The predicted octanol–water partition coefficient (Wildman–Crippen LogP) is 1.77. The Labute approximate surface area is 117 Å². The van der Waals surface area contributed by atoms with E-state index < -0.39 is 0 Å². The molecule has 19 heavy (non-hydrogen) atoms. The van der Waals surface area contributed by atoms with E-state index in [2.05, 4.69) is 22.0 Å². The van der Waals surface area contributed by atoms with E-state index in [0.717, 1.165) is 6.42 Å². The number of thioether (sulfide) groups is 1. The molecule has 1 aliphatic rings. The fourth-order valence-corrected chi connectivity index (χ4v) is 3.33. The molecule has 6 heteroatoms. The zero-order chi connectivity index (χ0) is 13.7. The lowest BCUT2D eigenvalue weighted by atomic mass is 9.95. The molecule has 1 aromatic heterocycles. The smallest absolute Gasteiger partial charge is 0.270 e. The Morgan fingerprint density at radius 3 is 2.84 bits per heavy atom. The summed E-state index contributed by atoms with van der Waals surface area (Å²) in [5.41, 5.74) is 3.62. The van der Waals surface area contributed by atoms with E-state index in [0.29, 0.717) is 16.6 Å². The van der Waals surface area contributed by atoms with Crippen molar-refractivity contribution in [3.63, 3.8) is 0 Å². The molecule has 1 saturated carbocycles. The molecule has 0 saturated heterocycles. The lowest BCUT2D eigenvalue weighted by Gasteiger charge is -2.30. The number of carbonyl (C=O) groups is 1. The number of nitrogens with one attached hydrogen (secondary N) is 2. The van der Waals surface area contributed by atoms with Crippen LogP contribution in [0.4, 0.5) is 5.69 Å². The van der Waals surface area contributed by atoms with Gasteiger partial charge >= 0.3 is 0 Å². The Balaban J connectivity index is 1.98. The van der Waals surface area contributed by atoms with Crippen LogP contribution in [0.5, 0.6) is 0 Å². The molecule has 0 spiro atoms. The molecule has 4 N–H and O–H groups in total. The van der Waals surface area contributed by atoms with Crippen LogP contribution in [0, 0.1) is 0 Å². The van der Waals surface area contributed by atoms with E-state index in [1.165, 1.54) is 19.3 Å². The van der Waals surface area contributed by atoms with Crippen LogP contribution in [0.1, 0.15) is 36.2 Å². The van der Waals surface area contributed by atoms with Gasteiger partial charge in [0.05, 0.1) is 11.9 Å². The van der Waals surface area contributed by atoms with Crippen molar-refractivity contribution in [2.45, 2.75) is 37.0 Å². The Bertz CT molecular complexity index is 423. The van der Waals surface area contributed by atoms with Crippen molar-refractivity contribution in [1.29, 1.82) is 0 Å². The number of anilines is 1. The molecule has 1 aliphatic carbocycles. The third-order valence-corrected chi connectivity index (χ3v) is 4.65. The SMILES string of the molecule is CSC1CCCCC1NC(=O)c1ccc(NN)cn1. The van der Waals surface area contributed by atoms with Gasteiger partial charge < -0.3 is 10.7 Å². The molecule has 2 rings (SSSR count). The molecule has 0 aliphatic heterocycles. The van der Waals surface area contributed by atoms with Crippen LogP contribution in [-0.2, 0) is 0 Å². The second-order valence-electron chi connectivity index (χ2n) is 4.72. The third kappa shape index (κ3) is 3.61. The normalized spacial score (nSPS) is 22.8. The predicted molar refractivity (Wildman–Crippen MR) is 79.1 cm³/mol. The summed E-state index contributed by atoms with van der Waals surface area (Å²) in [5, 5.41) is 3.62. The molecule has 0 aromatic carbocycles. The van der Waals surface area contributed by atoms with Crippen LogP contribution < -0.4 is 16.6 Å². The van der Waals surface area contributed by atoms with Crippen LogP contribution in [-0.4, -0.2) is 28.4 Å². The largest absolute Gasteiger partial charge is 0.347 e. The topological polar surface area (TPSA) is 80.0 Å². The first kappa shape index (κ1) is 14.1. The molecule has 0 bridgehead atoms. The maximum Gasteiger partial charge on any atom is 0.270 e. The van der Waals surface area contributed by atoms with Crippen molar-refractivity contribution in [2.24, 2.45) is 5.84 Å². The number of amides is 1. The van der Waals surface area contributed by atoms with Crippen LogP contribution >= 0.6 is 11.8 Å². The van der Waals surface area contributed by atoms with Crippen LogP contribution in [0.25, 0.3) is 0 Å². The van der Waals surface area contributed by atoms with Gasteiger partial charge in [-0.3, -0.25) is 10.6 Å². The zero-order valence-corrected chi connectivity index (χ0v) is 11.9. The summed E-state index contributed by atoms with van der Waals surface area (Å²) in [6, 6.07) is 3.68. The van der Waals surface area contributed by atoms with Gasteiger partial charge in [-0.15, -0.1) is 0 Å². The second kappa shape index (κ2) is 6.77. The Kier molecular flexibility index (Phi) is 5.04. The molecule has 1 heterocycles. The quantitative estimate of drug-likeness (QED) is 0.578. The summed E-state index contributed by atoms with van der Waals surface area (Å²) in [6.07, 6.45) is 8.34. The molecule has 2 atom stereocenters. The lowest BCUT2D eigenvalue weighted by molar-refractivity contribution is 0.0924. The monoisotopic (exact) mass is 280 g/mol. The number of nitrogen functional groups attached to an aromatic ring is 1. The maximum absolute atomic E-state index is 12.1. The molecule has 104 valence electrons. The maximum atomic E-state index is 12.1. The minimum Gasteiger partial charge on any atom is -0.347 e. The van der Waals surface area contributed by atoms with Crippen LogP contribution in [0.15, 0.2) is 18.3 Å². The van der Waals surface area contributed by atoms with Gasteiger partial charge in [0.15, 0.2) is 0 Å². The molecule has 0 radical (unpaired) electrons. The van der Waals surface area contributed by atoms with E-state index in [1.54, 1.807) is 18.3 Å². The van der Waals surface area contributed by atoms with Gasteiger partial charge in [0.2, 0.25) is 0 Å². The highest BCUT2D eigenvalue weighted by molar-refractivity contribution is 7.99. The van der Waals surface area contributed by atoms with E-state index in [9.17, 15) is 4.79 Å². The third-order valence-electron chi connectivity index (χ3n) is 3.48. The summed E-state index contributed by atoms with van der Waals surface area (Å²) in [6.45, 7) is 0. The molecular formula is C13H20N4OS. The van der Waals surface area contributed by atoms with Crippen molar-refractivity contribution >= 4 is 23.4 Å². The summed E-state index contributed by atoms with van der Waals surface area (Å²) < 4.78 is 0. The fraction of sp³-hybridized carbons (Fsp3) is 0.538. The first-order chi connectivity index (χ1) is 9.24. The number of hydrogen-bond donors (Lipinski definition) is 3. The van der Waals surface area contributed by atoms with Crippen molar-refractivity contribution in [3.05, 3.63) is 24.0 Å². The molecule has 1 fully saturated rings. The molecule has 1 amide bonds. The first-order valence-corrected chi connectivity index (χ1v) is 7.79. The standard InChI is InChI=1S/C13H20N4OS/c1-19-12-5-3-2-4-10(12)16-13(18)11-7-6-9(17-14)8-15-11/h6-8,10,12,17H,2-5,14H2,1H3,(H,16,18). The number of nitrogens with two attached hydrogens (primary N) is 1. The average molecular weight is 280 g/mol. The van der Waals surface area contributed by atoms with Crippen molar-refractivity contribution < 1.29 is 4.79 Å². The fourth-order valence-electron chi connectivity index (χ4n) is 2.40. The highest BCUT2D eigenvalue weighted by Crippen LogP contribution is 2.27. The highest BCUT2D eigenvalue weighted by atomic mass is 32.2. The van der Waals surface area contributed by atoms with Crippen LogP contribution in [0.3, 0.4) is 0 Å². The van der Waals surface area contributed by atoms with E-state index in [1.807, 2.05) is 11.8 Å². The van der Waals surface area contributed by atoms with Gasteiger partial charge in [0.1, 0.15) is 5.69 Å². The Hall–Kier alpha value is -1.27. The average Bonchev–Trinajstić information content (AvgIpc) is 2.48.